The maximum Gasteiger partial charge on any atom is 0.143 e. The van der Waals surface area contributed by atoms with Crippen molar-refractivity contribution in [3.05, 3.63) is 71.6 Å². The van der Waals surface area contributed by atoms with E-state index in [0.29, 0.717) is 0 Å². The minimum Gasteiger partial charge on any atom is -0.340 e. The molecule has 3 nitrogen and oxygen atoms in total. The monoisotopic (exact) mass is 335 g/mol. The van der Waals surface area contributed by atoms with Crippen LogP contribution in [0.25, 0.3) is 21.3 Å². The number of nitrogens with zero attached hydrogens (tertiary/aromatic N) is 2. The van der Waals surface area contributed by atoms with E-state index in [0.717, 1.165) is 32.8 Å². The smallest absolute Gasteiger partial charge is 0.143 e. The quantitative estimate of drug-likeness (QED) is 0.533. The highest BCUT2D eigenvalue weighted by molar-refractivity contribution is 7.17. The van der Waals surface area contributed by atoms with Crippen molar-refractivity contribution >= 4 is 33.1 Å². The van der Waals surface area contributed by atoms with E-state index in [4.69, 9.17) is 0 Å². The van der Waals surface area contributed by atoms with Gasteiger partial charge in [0.2, 0.25) is 0 Å². The van der Waals surface area contributed by atoms with Crippen LogP contribution in [-0.2, 0) is 0 Å². The Kier molecular flexibility index (Phi) is 3.70. The zero-order valence-corrected chi connectivity index (χ0v) is 13.8. The first-order chi connectivity index (χ1) is 11.7. The van der Waals surface area contributed by atoms with Crippen LogP contribution < -0.4 is 5.32 Å². The molecule has 1 N–H and O–H groups in total. The lowest BCUT2D eigenvalue weighted by molar-refractivity contribution is 0.628. The Morgan fingerprint density at radius 2 is 1.71 bits per heavy atom. The minimum absolute atomic E-state index is 0.243. The molecule has 24 heavy (non-hydrogen) atoms. The summed E-state index contributed by atoms with van der Waals surface area (Å²) in [4.78, 5) is 9.67. The molecule has 5 heteroatoms. The van der Waals surface area contributed by atoms with E-state index in [1.54, 1.807) is 29.8 Å². The highest BCUT2D eigenvalue weighted by atomic mass is 32.1. The summed E-state index contributed by atoms with van der Waals surface area (Å²) in [6.45, 7) is 2.05. The average Bonchev–Trinajstić information content (AvgIpc) is 3.03. The van der Waals surface area contributed by atoms with E-state index in [-0.39, 0.29) is 5.82 Å². The van der Waals surface area contributed by atoms with Crippen LogP contribution in [0.3, 0.4) is 0 Å². The van der Waals surface area contributed by atoms with Gasteiger partial charge in [-0.15, -0.1) is 11.3 Å². The Balaban J connectivity index is 1.82. The molecule has 0 aliphatic rings. The predicted molar refractivity (Wildman–Crippen MR) is 97.3 cm³/mol. The second-order valence-electron chi connectivity index (χ2n) is 5.55. The number of rotatable bonds is 3. The largest absolute Gasteiger partial charge is 0.340 e. The lowest BCUT2D eigenvalue weighted by Crippen LogP contribution is -1.95. The standard InChI is InChI=1S/C19H14FN3S/c1-12-2-8-15(9-3-12)23-18-17-16(10-24-19(17)22-11-21-18)13-4-6-14(20)7-5-13/h2-11H,1H3,(H,21,22,23). The zero-order valence-electron chi connectivity index (χ0n) is 13.0. The molecule has 0 unspecified atom stereocenters. The van der Waals surface area contributed by atoms with Crippen LogP contribution in [0.2, 0.25) is 0 Å². The van der Waals surface area contributed by atoms with Gasteiger partial charge in [0.15, 0.2) is 0 Å². The van der Waals surface area contributed by atoms with Crippen LogP contribution in [-0.4, -0.2) is 9.97 Å². The molecule has 0 aliphatic carbocycles. The molecule has 0 saturated heterocycles. The molecule has 0 saturated carbocycles. The highest BCUT2D eigenvalue weighted by Gasteiger charge is 2.13. The maximum atomic E-state index is 13.2. The van der Waals surface area contributed by atoms with Crippen LogP contribution in [0.15, 0.2) is 60.2 Å². The fourth-order valence-electron chi connectivity index (χ4n) is 2.59. The lowest BCUT2D eigenvalue weighted by Gasteiger charge is -2.09. The van der Waals surface area contributed by atoms with Crippen LogP contribution in [0.5, 0.6) is 0 Å². The van der Waals surface area contributed by atoms with Gasteiger partial charge in [0.1, 0.15) is 22.8 Å². The second-order valence-corrected chi connectivity index (χ2v) is 6.41. The highest BCUT2D eigenvalue weighted by Crippen LogP contribution is 2.37. The van der Waals surface area contributed by atoms with Gasteiger partial charge in [0.05, 0.1) is 5.39 Å². The summed E-state index contributed by atoms with van der Waals surface area (Å²) >= 11 is 1.56. The van der Waals surface area contributed by atoms with Gasteiger partial charge in [-0.25, -0.2) is 14.4 Å². The molecular formula is C19H14FN3S. The van der Waals surface area contributed by atoms with Gasteiger partial charge in [0.25, 0.3) is 0 Å². The Morgan fingerprint density at radius 3 is 2.46 bits per heavy atom. The van der Waals surface area contributed by atoms with Crippen LogP contribution >= 0.6 is 11.3 Å². The van der Waals surface area contributed by atoms with Crippen molar-refractivity contribution in [1.29, 1.82) is 0 Å². The molecule has 2 heterocycles. The summed E-state index contributed by atoms with van der Waals surface area (Å²) in [5.74, 6) is 0.511. The number of halogens is 1. The van der Waals surface area contributed by atoms with E-state index in [1.165, 1.54) is 17.7 Å². The summed E-state index contributed by atoms with van der Waals surface area (Å²) < 4.78 is 13.2. The molecule has 0 aliphatic heterocycles. The third-order valence-corrected chi connectivity index (χ3v) is 4.73. The Bertz CT molecular complexity index is 991. The molecule has 0 bridgehead atoms. The molecule has 0 amide bonds. The van der Waals surface area contributed by atoms with E-state index in [9.17, 15) is 4.39 Å². The third kappa shape index (κ3) is 2.74. The summed E-state index contributed by atoms with van der Waals surface area (Å²) in [5.41, 5.74) is 4.13. The number of nitrogens with one attached hydrogen (secondary N) is 1. The molecule has 0 radical (unpaired) electrons. The normalized spacial score (nSPS) is 10.9. The van der Waals surface area contributed by atoms with Gasteiger partial charge in [0, 0.05) is 16.6 Å². The summed E-state index contributed by atoms with van der Waals surface area (Å²) in [6.07, 6.45) is 1.56. The number of aromatic nitrogens is 2. The van der Waals surface area contributed by atoms with Gasteiger partial charge in [-0.2, -0.15) is 0 Å². The molecule has 2 aromatic heterocycles. The predicted octanol–water partition coefficient (Wildman–Crippen LogP) is 5.55. The first-order valence-electron chi connectivity index (χ1n) is 7.52. The molecule has 4 rings (SSSR count). The van der Waals surface area contributed by atoms with E-state index < -0.39 is 0 Å². The number of fused-ring (bicyclic) bond motifs is 1. The van der Waals surface area contributed by atoms with Gasteiger partial charge in [-0.1, -0.05) is 29.8 Å². The summed E-state index contributed by atoms with van der Waals surface area (Å²) in [5, 5.41) is 6.35. The summed E-state index contributed by atoms with van der Waals surface area (Å²) in [7, 11) is 0. The van der Waals surface area contributed by atoms with Crippen molar-refractivity contribution in [3.63, 3.8) is 0 Å². The van der Waals surface area contributed by atoms with Crippen molar-refractivity contribution < 1.29 is 4.39 Å². The molecular weight excluding hydrogens is 321 g/mol. The van der Waals surface area contributed by atoms with E-state index in [1.807, 2.05) is 17.5 Å². The van der Waals surface area contributed by atoms with Crippen LogP contribution in [0.4, 0.5) is 15.9 Å². The van der Waals surface area contributed by atoms with Crippen molar-refractivity contribution in [1.82, 2.24) is 9.97 Å². The van der Waals surface area contributed by atoms with Crippen molar-refractivity contribution in [2.24, 2.45) is 0 Å². The molecule has 2 aromatic carbocycles. The second kappa shape index (κ2) is 6.02. The fraction of sp³-hybridized carbons (Fsp3) is 0.0526. The number of hydrogen-bond acceptors (Lipinski definition) is 4. The number of hydrogen-bond donors (Lipinski definition) is 1. The number of anilines is 2. The fourth-order valence-corrected chi connectivity index (χ4v) is 3.50. The Labute approximate surface area is 142 Å². The average molecular weight is 335 g/mol. The lowest BCUT2D eigenvalue weighted by atomic mass is 10.1. The Hall–Kier alpha value is -2.79. The van der Waals surface area contributed by atoms with Crippen molar-refractivity contribution in [3.8, 4) is 11.1 Å². The van der Waals surface area contributed by atoms with Gasteiger partial charge in [-0.05, 0) is 36.8 Å². The van der Waals surface area contributed by atoms with Gasteiger partial charge in [-0.3, -0.25) is 0 Å². The first kappa shape index (κ1) is 14.8. The van der Waals surface area contributed by atoms with E-state index in [2.05, 4.69) is 34.3 Å². The van der Waals surface area contributed by atoms with E-state index >= 15 is 0 Å². The summed E-state index contributed by atoms with van der Waals surface area (Å²) in [6, 6.07) is 14.6. The van der Waals surface area contributed by atoms with Gasteiger partial charge < -0.3 is 5.32 Å². The van der Waals surface area contributed by atoms with Crippen LogP contribution in [0.1, 0.15) is 5.56 Å². The number of thiophene rings is 1. The molecule has 0 spiro atoms. The first-order valence-corrected chi connectivity index (χ1v) is 8.40. The van der Waals surface area contributed by atoms with Crippen molar-refractivity contribution in [2.75, 3.05) is 5.32 Å². The maximum absolute atomic E-state index is 13.2. The SMILES string of the molecule is Cc1ccc(Nc2ncnc3scc(-c4ccc(F)cc4)c23)cc1. The number of benzene rings is 2. The molecule has 4 aromatic rings. The third-order valence-electron chi connectivity index (χ3n) is 3.84. The number of aryl methyl sites for hydroxylation is 1. The Morgan fingerprint density at radius 1 is 0.958 bits per heavy atom. The van der Waals surface area contributed by atoms with Crippen LogP contribution in [0, 0.1) is 12.7 Å². The topological polar surface area (TPSA) is 37.8 Å². The minimum atomic E-state index is -0.243. The molecule has 118 valence electrons. The van der Waals surface area contributed by atoms with Gasteiger partial charge >= 0.3 is 0 Å². The zero-order chi connectivity index (χ0) is 16.5. The van der Waals surface area contributed by atoms with Crippen molar-refractivity contribution in [2.45, 2.75) is 6.92 Å². The molecule has 0 fully saturated rings. The molecule has 0 atom stereocenters.